The Bertz CT molecular complexity index is 705. The lowest BCUT2D eigenvalue weighted by Gasteiger charge is -2.36. The minimum absolute atomic E-state index is 0. The van der Waals surface area contributed by atoms with Crippen molar-refractivity contribution in [3.63, 3.8) is 0 Å². The molecule has 2 N–H and O–H groups in total. The van der Waals surface area contributed by atoms with Gasteiger partial charge in [0.05, 0.1) is 6.54 Å². The molecule has 1 heterocycles. The number of guanidine groups is 1. The van der Waals surface area contributed by atoms with Crippen molar-refractivity contribution in [1.29, 1.82) is 0 Å². The Labute approximate surface area is 177 Å². The van der Waals surface area contributed by atoms with Crippen LogP contribution in [0.25, 0.3) is 0 Å². The summed E-state index contributed by atoms with van der Waals surface area (Å²) in [6, 6.07) is 8.09. The third-order valence-corrected chi connectivity index (χ3v) is 4.87. The summed E-state index contributed by atoms with van der Waals surface area (Å²) in [7, 11) is 3.37. The molecule has 2 fully saturated rings. The standard InChI is InChI=1S/C19H27N5O2.HI/c1-20-18(26)15-5-3-4-14(12-15)8-9-22-19(21-2)23-10-11-24(16-6-7-16)17(25)13-23;/h3-5,12,16H,6-11,13H2,1-2H3,(H,20,26)(H,21,22);1H. The maximum atomic E-state index is 12.3. The smallest absolute Gasteiger partial charge is 0.251 e. The lowest BCUT2D eigenvalue weighted by molar-refractivity contribution is -0.135. The molecule has 1 aliphatic carbocycles. The maximum Gasteiger partial charge on any atom is 0.251 e. The number of carbonyl (C=O) groups is 2. The van der Waals surface area contributed by atoms with Gasteiger partial charge < -0.3 is 20.4 Å². The molecule has 0 spiro atoms. The van der Waals surface area contributed by atoms with E-state index < -0.39 is 0 Å². The summed E-state index contributed by atoms with van der Waals surface area (Å²) in [5.41, 5.74) is 1.75. The highest BCUT2D eigenvalue weighted by atomic mass is 127. The van der Waals surface area contributed by atoms with Gasteiger partial charge in [-0.05, 0) is 37.0 Å². The minimum Gasteiger partial charge on any atom is -0.356 e. The molecule has 27 heavy (non-hydrogen) atoms. The van der Waals surface area contributed by atoms with Crippen LogP contribution in [0.4, 0.5) is 0 Å². The fourth-order valence-corrected chi connectivity index (χ4v) is 3.30. The molecule has 0 bridgehead atoms. The second kappa shape index (κ2) is 9.91. The highest BCUT2D eigenvalue weighted by Crippen LogP contribution is 2.27. The molecule has 148 valence electrons. The Kier molecular flexibility index (Phi) is 7.88. The van der Waals surface area contributed by atoms with Gasteiger partial charge in [-0.1, -0.05) is 12.1 Å². The first kappa shape index (κ1) is 21.5. The van der Waals surface area contributed by atoms with Crippen LogP contribution in [0, 0.1) is 0 Å². The predicted molar refractivity (Wildman–Crippen MR) is 117 cm³/mol. The van der Waals surface area contributed by atoms with Gasteiger partial charge >= 0.3 is 0 Å². The van der Waals surface area contributed by atoms with Gasteiger partial charge in [0.15, 0.2) is 5.96 Å². The topological polar surface area (TPSA) is 77.0 Å². The van der Waals surface area contributed by atoms with E-state index in [1.807, 2.05) is 28.0 Å². The molecule has 0 aromatic heterocycles. The van der Waals surface area contributed by atoms with Gasteiger partial charge in [-0.15, -0.1) is 24.0 Å². The molecule has 0 radical (unpaired) electrons. The zero-order chi connectivity index (χ0) is 18.5. The number of hydrogen-bond acceptors (Lipinski definition) is 3. The summed E-state index contributed by atoms with van der Waals surface area (Å²) in [5, 5.41) is 5.97. The Morgan fingerprint density at radius 2 is 2.07 bits per heavy atom. The second-order valence-corrected chi connectivity index (χ2v) is 6.74. The van der Waals surface area contributed by atoms with Crippen molar-refractivity contribution in [2.24, 2.45) is 4.99 Å². The molecule has 1 aromatic rings. The first-order chi connectivity index (χ1) is 12.6. The van der Waals surface area contributed by atoms with E-state index in [0.29, 0.717) is 24.7 Å². The number of carbonyl (C=O) groups excluding carboxylic acids is 2. The van der Waals surface area contributed by atoms with Crippen molar-refractivity contribution in [3.8, 4) is 0 Å². The first-order valence-electron chi connectivity index (χ1n) is 9.18. The maximum absolute atomic E-state index is 12.3. The molecule has 0 atom stereocenters. The summed E-state index contributed by atoms with van der Waals surface area (Å²) in [5.74, 6) is 0.874. The number of nitrogens with zero attached hydrogens (tertiary/aromatic N) is 3. The van der Waals surface area contributed by atoms with E-state index in [1.54, 1.807) is 20.2 Å². The molecule has 1 aromatic carbocycles. The number of hydrogen-bond donors (Lipinski definition) is 2. The Hall–Kier alpha value is -1.84. The van der Waals surface area contributed by atoms with E-state index >= 15 is 0 Å². The van der Waals surface area contributed by atoms with E-state index in [2.05, 4.69) is 15.6 Å². The molecule has 2 amide bonds. The van der Waals surface area contributed by atoms with Gasteiger partial charge in [-0.3, -0.25) is 14.6 Å². The van der Waals surface area contributed by atoms with Crippen LogP contribution in [-0.4, -0.2) is 73.9 Å². The molecule has 0 unspecified atom stereocenters. The fourth-order valence-electron chi connectivity index (χ4n) is 3.30. The SMILES string of the molecule is CN=C(NCCc1cccc(C(=O)NC)c1)N1CCN(C2CC2)C(=O)C1.I. The van der Waals surface area contributed by atoms with E-state index in [0.717, 1.165) is 43.9 Å². The molecule has 2 aliphatic rings. The minimum atomic E-state index is -0.0809. The molecule has 1 saturated carbocycles. The Morgan fingerprint density at radius 1 is 1.30 bits per heavy atom. The number of nitrogens with one attached hydrogen (secondary N) is 2. The number of benzene rings is 1. The van der Waals surface area contributed by atoms with Crippen LogP contribution in [0.5, 0.6) is 0 Å². The Balaban J connectivity index is 0.00000261. The van der Waals surface area contributed by atoms with Crippen LogP contribution in [-0.2, 0) is 11.2 Å². The lowest BCUT2D eigenvalue weighted by Crippen LogP contribution is -2.55. The predicted octanol–water partition coefficient (Wildman–Crippen LogP) is 1.09. The van der Waals surface area contributed by atoms with Crippen LogP contribution in [0.1, 0.15) is 28.8 Å². The van der Waals surface area contributed by atoms with E-state index in [-0.39, 0.29) is 35.8 Å². The number of halogens is 1. The zero-order valence-corrected chi connectivity index (χ0v) is 18.2. The van der Waals surface area contributed by atoms with Gasteiger partial charge in [0.1, 0.15) is 0 Å². The zero-order valence-electron chi connectivity index (χ0n) is 15.9. The van der Waals surface area contributed by atoms with Gasteiger partial charge in [-0.25, -0.2) is 0 Å². The normalized spacial score (nSPS) is 17.4. The van der Waals surface area contributed by atoms with Crippen LogP contribution in [0.3, 0.4) is 0 Å². The molecule has 1 aliphatic heterocycles. The van der Waals surface area contributed by atoms with Crippen molar-refractivity contribution in [2.45, 2.75) is 25.3 Å². The van der Waals surface area contributed by atoms with Crippen molar-refractivity contribution in [1.82, 2.24) is 20.4 Å². The van der Waals surface area contributed by atoms with E-state index in [4.69, 9.17) is 0 Å². The summed E-state index contributed by atoms with van der Waals surface area (Å²) >= 11 is 0. The largest absolute Gasteiger partial charge is 0.356 e. The van der Waals surface area contributed by atoms with Crippen LogP contribution < -0.4 is 10.6 Å². The monoisotopic (exact) mass is 485 g/mol. The molecule has 7 nitrogen and oxygen atoms in total. The highest BCUT2D eigenvalue weighted by Gasteiger charge is 2.36. The average molecular weight is 485 g/mol. The van der Waals surface area contributed by atoms with E-state index in [1.165, 1.54) is 0 Å². The van der Waals surface area contributed by atoms with Gasteiger partial charge in [0.25, 0.3) is 5.91 Å². The van der Waals surface area contributed by atoms with Gasteiger partial charge in [0, 0.05) is 45.3 Å². The van der Waals surface area contributed by atoms with Crippen molar-refractivity contribution in [3.05, 3.63) is 35.4 Å². The summed E-state index contributed by atoms with van der Waals surface area (Å²) in [4.78, 5) is 32.4. The summed E-state index contributed by atoms with van der Waals surface area (Å²) < 4.78 is 0. The summed E-state index contributed by atoms with van der Waals surface area (Å²) in [6.45, 7) is 2.68. The first-order valence-corrected chi connectivity index (χ1v) is 9.18. The number of rotatable bonds is 5. The lowest BCUT2D eigenvalue weighted by atomic mass is 10.1. The molecular formula is C19H28IN5O2. The molecule has 8 heteroatoms. The van der Waals surface area contributed by atoms with Gasteiger partial charge in [-0.2, -0.15) is 0 Å². The fraction of sp³-hybridized carbons (Fsp3) is 0.526. The third kappa shape index (κ3) is 5.57. The molecular weight excluding hydrogens is 457 g/mol. The van der Waals surface area contributed by atoms with Crippen molar-refractivity contribution < 1.29 is 9.59 Å². The van der Waals surface area contributed by atoms with Crippen LogP contribution in [0.15, 0.2) is 29.3 Å². The number of piperazine rings is 1. The van der Waals surface area contributed by atoms with Crippen molar-refractivity contribution in [2.75, 3.05) is 40.3 Å². The summed E-state index contributed by atoms with van der Waals surface area (Å²) in [6.07, 6.45) is 3.07. The average Bonchev–Trinajstić information content (AvgIpc) is 3.50. The molecule has 3 rings (SSSR count). The van der Waals surface area contributed by atoms with Crippen molar-refractivity contribution >= 4 is 41.8 Å². The van der Waals surface area contributed by atoms with E-state index in [9.17, 15) is 9.59 Å². The second-order valence-electron chi connectivity index (χ2n) is 6.74. The highest BCUT2D eigenvalue weighted by molar-refractivity contribution is 14.0. The number of amides is 2. The quantitative estimate of drug-likeness (QED) is 0.372. The Morgan fingerprint density at radius 3 is 2.70 bits per heavy atom. The third-order valence-electron chi connectivity index (χ3n) is 4.87. The van der Waals surface area contributed by atoms with Gasteiger partial charge in [0.2, 0.25) is 5.91 Å². The molecule has 1 saturated heterocycles. The van der Waals surface area contributed by atoms with Crippen LogP contribution >= 0.6 is 24.0 Å². The number of aliphatic imine (C=N–C) groups is 1. The van der Waals surface area contributed by atoms with Crippen LogP contribution in [0.2, 0.25) is 0 Å².